The topological polar surface area (TPSA) is 35.5 Å². The third kappa shape index (κ3) is 2.42. The number of halogens is 2. The number of hydrogen-bond acceptors (Lipinski definition) is 3. The van der Waals surface area contributed by atoms with Crippen molar-refractivity contribution in [1.29, 1.82) is 0 Å². The van der Waals surface area contributed by atoms with Gasteiger partial charge in [0.05, 0.1) is 20.3 Å². The van der Waals surface area contributed by atoms with E-state index in [9.17, 15) is 9.18 Å². The van der Waals surface area contributed by atoms with Crippen molar-refractivity contribution in [2.45, 2.75) is 24.3 Å². The minimum Gasteiger partial charge on any atom is -0.468 e. The monoisotopic (exact) mass is 316 g/mol. The molecule has 0 bridgehead atoms. The molecule has 0 amide bonds. The van der Waals surface area contributed by atoms with Crippen molar-refractivity contribution in [2.24, 2.45) is 0 Å². The van der Waals surface area contributed by atoms with Crippen LogP contribution in [0.2, 0.25) is 0 Å². The molecule has 1 aliphatic heterocycles. The highest BCUT2D eigenvalue weighted by Crippen LogP contribution is 2.37. The summed E-state index contributed by atoms with van der Waals surface area (Å²) < 4.78 is 23.7. The summed E-state index contributed by atoms with van der Waals surface area (Å²) in [7, 11) is 1.31. The molecule has 1 aliphatic rings. The number of esters is 1. The molecule has 1 aromatic rings. The van der Waals surface area contributed by atoms with Crippen LogP contribution >= 0.6 is 15.9 Å². The normalized spacial score (nSPS) is 20.1. The van der Waals surface area contributed by atoms with E-state index in [1.165, 1.54) is 19.2 Å². The number of fused-ring (bicyclic) bond motifs is 1. The summed E-state index contributed by atoms with van der Waals surface area (Å²) in [5.41, 5.74) is 2.42. The fraction of sp³-hybridized carbons (Fsp3) is 0.462. The number of methoxy groups -OCH3 is 1. The SMILES string of the molecule is COC(=O)C(Br)c1cc(F)cc2c1[C@@H](C)COC2. The molecule has 0 radical (unpaired) electrons. The van der Waals surface area contributed by atoms with Crippen LogP contribution in [0.4, 0.5) is 4.39 Å². The first kappa shape index (κ1) is 13.5. The van der Waals surface area contributed by atoms with Crippen LogP contribution < -0.4 is 0 Å². The minimum absolute atomic E-state index is 0.133. The van der Waals surface area contributed by atoms with Crippen molar-refractivity contribution in [3.8, 4) is 0 Å². The maximum atomic E-state index is 13.6. The maximum Gasteiger partial charge on any atom is 0.324 e. The predicted molar refractivity (Wildman–Crippen MR) is 68.2 cm³/mol. The summed E-state index contributed by atoms with van der Waals surface area (Å²) in [4.78, 5) is 10.9. The summed E-state index contributed by atoms with van der Waals surface area (Å²) in [5.74, 6) is -0.662. The van der Waals surface area contributed by atoms with Gasteiger partial charge in [0.25, 0.3) is 0 Å². The van der Waals surface area contributed by atoms with Crippen LogP contribution in [0.1, 0.15) is 34.4 Å². The molecule has 0 saturated heterocycles. The van der Waals surface area contributed by atoms with E-state index < -0.39 is 10.8 Å². The van der Waals surface area contributed by atoms with E-state index >= 15 is 0 Å². The lowest BCUT2D eigenvalue weighted by Gasteiger charge is -2.27. The quantitative estimate of drug-likeness (QED) is 0.621. The summed E-state index contributed by atoms with van der Waals surface area (Å²) in [6, 6.07) is 2.85. The van der Waals surface area contributed by atoms with Gasteiger partial charge >= 0.3 is 5.97 Å². The van der Waals surface area contributed by atoms with Gasteiger partial charge < -0.3 is 9.47 Å². The number of alkyl halides is 1. The number of carbonyl (C=O) groups is 1. The summed E-state index contributed by atoms with van der Waals surface area (Å²) >= 11 is 3.27. The Morgan fingerprint density at radius 3 is 3.00 bits per heavy atom. The van der Waals surface area contributed by atoms with E-state index in [-0.39, 0.29) is 11.7 Å². The molecule has 1 aromatic carbocycles. The minimum atomic E-state index is -0.646. The Labute approximate surface area is 113 Å². The van der Waals surface area contributed by atoms with Gasteiger partial charge in [0.15, 0.2) is 0 Å². The highest BCUT2D eigenvalue weighted by Gasteiger charge is 2.28. The molecule has 18 heavy (non-hydrogen) atoms. The molecule has 2 atom stereocenters. The first-order valence-corrected chi connectivity index (χ1v) is 6.58. The van der Waals surface area contributed by atoms with Crippen LogP contribution in [-0.2, 0) is 20.9 Å². The van der Waals surface area contributed by atoms with Gasteiger partial charge in [0.1, 0.15) is 10.6 Å². The van der Waals surface area contributed by atoms with Gasteiger partial charge in [0.2, 0.25) is 0 Å². The van der Waals surface area contributed by atoms with E-state index in [2.05, 4.69) is 15.9 Å². The first-order chi connectivity index (χ1) is 8.54. The lowest BCUT2D eigenvalue weighted by molar-refractivity contribution is -0.139. The third-order valence-corrected chi connectivity index (χ3v) is 3.93. The van der Waals surface area contributed by atoms with Gasteiger partial charge in [0, 0.05) is 5.92 Å². The number of ether oxygens (including phenoxy) is 2. The zero-order valence-electron chi connectivity index (χ0n) is 10.2. The third-order valence-electron chi connectivity index (χ3n) is 3.06. The van der Waals surface area contributed by atoms with Crippen LogP contribution in [0.5, 0.6) is 0 Å². The first-order valence-electron chi connectivity index (χ1n) is 5.66. The molecule has 1 unspecified atom stereocenters. The Balaban J connectivity index is 2.52. The zero-order valence-corrected chi connectivity index (χ0v) is 11.8. The molecular formula is C13H14BrFO3. The van der Waals surface area contributed by atoms with Crippen LogP contribution in [0.15, 0.2) is 12.1 Å². The fourth-order valence-electron chi connectivity index (χ4n) is 2.29. The van der Waals surface area contributed by atoms with Crippen LogP contribution in [0.25, 0.3) is 0 Å². The van der Waals surface area contributed by atoms with Crippen molar-refractivity contribution in [1.82, 2.24) is 0 Å². The largest absolute Gasteiger partial charge is 0.468 e. The number of hydrogen-bond donors (Lipinski definition) is 0. The molecule has 0 aliphatic carbocycles. The van der Waals surface area contributed by atoms with Crippen molar-refractivity contribution in [2.75, 3.05) is 13.7 Å². The van der Waals surface area contributed by atoms with Crippen molar-refractivity contribution < 1.29 is 18.7 Å². The zero-order chi connectivity index (χ0) is 13.3. The van der Waals surface area contributed by atoms with E-state index in [4.69, 9.17) is 9.47 Å². The van der Waals surface area contributed by atoms with Gasteiger partial charge in [-0.15, -0.1) is 0 Å². The standard InChI is InChI=1S/C13H14BrFO3/c1-7-5-18-6-8-3-9(15)4-10(11(7)8)12(14)13(16)17-2/h3-4,7,12H,5-6H2,1-2H3/t7-,12?/m0/s1. The van der Waals surface area contributed by atoms with Gasteiger partial charge in [-0.2, -0.15) is 0 Å². The summed E-state index contributed by atoms with van der Waals surface area (Å²) in [6.07, 6.45) is 0. The van der Waals surface area contributed by atoms with Crippen LogP contribution in [0.3, 0.4) is 0 Å². The molecule has 0 spiro atoms. The molecule has 98 valence electrons. The van der Waals surface area contributed by atoms with E-state index in [0.29, 0.717) is 18.8 Å². The second-order valence-electron chi connectivity index (χ2n) is 4.37. The smallest absolute Gasteiger partial charge is 0.324 e. The van der Waals surface area contributed by atoms with Gasteiger partial charge in [-0.1, -0.05) is 22.9 Å². The number of rotatable bonds is 2. The molecule has 3 nitrogen and oxygen atoms in total. The Bertz CT molecular complexity index is 476. The van der Waals surface area contributed by atoms with Crippen molar-refractivity contribution >= 4 is 21.9 Å². The summed E-state index contributed by atoms with van der Waals surface area (Å²) in [5, 5.41) is 0. The number of benzene rings is 1. The van der Waals surface area contributed by atoms with E-state index in [1.54, 1.807) is 0 Å². The fourth-order valence-corrected chi connectivity index (χ4v) is 2.85. The molecule has 0 fully saturated rings. The second kappa shape index (κ2) is 5.36. The molecule has 5 heteroatoms. The Kier molecular flexibility index (Phi) is 4.02. The Hall–Kier alpha value is -0.940. The molecule has 2 rings (SSSR count). The Morgan fingerprint density at radius 2 is 2.33 bits per heavy atom. The molecule has 0 saturated carbocycles. The number of carbonyl (C=O) groups excluding carboxylic acids is 1. The van der Waals surface area contributed by atoms with Gasteiger partial charge in [-0.05, 0) is 28.8 Å². The maximum absolute atomic E-state index is 13.6. The van der Waals surface area contributed by atoms with Crippen LogP contribution in [0, 0.1) is 5.82 Å². The van der Waals surface area contributed by atoms with Crippen molar-refractivity contribution in [3.05, 3.63) is 34.6 Å². The molecule has 0 N–H and O–H groups in total. The molecule has 1 heterocycles. The Morgan fingerprint density at radius 1 is 1.61 bits per heavy atom. The average Bonchev–Trinajstić information content (AvgIpc) is 2.36. The second-order valence-corrected chi connectivity index (χ2v) is 5.29. The lowest BCUT2D eigenvalue weighted by atomic mass is 9.88. The highest BCUT2D eigenvalue weighted by atomic mass is 79.9. The van der Waals surface area contributed by atoms with E-state index in [0.717, 1.165) is 11.1 Å². The summed E-state index contributed by atoms with van der Waals surface area (Å²) in [6.45, 7) is 2.95. The molecular weight excluding hydrogens is 303 g/mol. The highest BCUT2D eigenvalue weighted by molar-refractivity contribution is 9.09. The lowest BCUT2D eigenvalue weighted by Crippen LogP contribution is -2.20. The average molecular weight is 317 g/mol. The predicted octanol–water partition coefficient (Wildman–Crippen LogP) is 3.07. The van der Waals surface area contributed by atoms with Crippen molar-refractivity contribution in [3.63, 3.8) is 0 Å². The van der Waals surface area contributed by atoms with Gasteiger partial charge in [-0.25, -0.2) is 4.39 Å². The van der Waals surface area contributed by atoms with Crippen LogP contribution in [-0.4, -0.2) is 19.7 Å². The molecule has 0 aromatic heterocycles. The van der Waals surface area contributed by atoms with E-state index in [1.807, 2.05) is 6.92 Å². The van der Waals surface area contributed by atoms with Gasteiger partial charge in [-0.3, -0.25) is 4.79 Å².